The van der Waals surface area contributed by atoms with Crippen molar-refractivity contribution in [2.45, 2.75) is 77.2 Å². The Bertz CT molecular complexity index is 297. The third-order valence-corrected chi connectivity index (χ3v) is 3.69. The van der Waals surface area contributed by atoms with Gasteiger partial charge in [0.05, 0.1) is 5.69 Å². The van der Waals surface area contributed by atoms with Crippen LogP contribution in [0.15, 0.2) is 24.4 Å². The Kier molecular flexibility index (Phi) is 9.34. The van der Waals surface area contributed by atoms with E-state index in [2.05, 4.69) is 11.9 Å². The first kappa shape index (κ1) is 16.2. The van der Waals surface area contributed by atoms with Gasteiger partial charge in [-0.2, -0.15) is 0 Å². The van der Waals surface area contributed by atoms with Gasteiger partial charge in [0.25, 0.3) is 0 Å². The lowest BCUT2D eigenvalue weighted by Gasteiger charge is -2.10. The minimum atomic E-state index is 0.116. The molecule has 0 spiro atoms. The van der Waals surface area contributed by atoms with E-state index in [-0.39, 0.29) is 6.04 Å². The second-order valence-electron chi connectivity index (χ2n) is 5.48. The van der Waals surface area contributed by atoms with Crippen molar-refractivity contribution in [2.24, 2.45) is 5.73 Å². The maximum absolute atomic E-state index is 6.13. The zero-order valence-corrected chi connectivity index (χ0v) is 12.5. The lowest BCUT2D eigenvalue weighted by molar-refractivity contribution is 0.528. The summed E-state index contributed by atoms with van der Waals surface area (Å²) < 4.78 is 0. The van der Waals surface area contributed by atoms with Crippen LogP contribution in [0, 0.1) is 0 Å². The summed E-state index contributed by atoms with van der Waals surface area (Å²) in [6.07, 6.45) is 15.2. The van der Waals surface area contributed by atoms with Crippen molar-refractivity contribution in [2.75, 3.05) is 0 Å². The fraction of sp³-hybridized carbons (Fsp3) is 0.706. The highest BCUT2D eigenvalue weighted by Crippen LogP contribution is 2.16. The summed E-state index contributed by atoms with van der Waals surface area (Å²) in [6.45, 7) is 2.27. The van der Waals surface area contributed by atoms with E-state index >= 15 is 0 Å². The second kappa shape index (κ2) is 11.0. The van der Waals surface area contributed by atoms with Crippen LogP contribution in [0.4, 0.5) is 0 Å². The van der Waals surface area contributed by atoms with Gasteiger partial charge < -0.3 is 5.73 Å². The van der Waals surface area contributed by atoms with Gasteiger partial charge in [-0.3, -0.25) is 4.98 Å². The van der Waals surface area contributed by atoms with E-state index in [1.807, 2.05) is 24.4 Å². The summed E-state index contributed by atoms with van der Waals surface area (Å²) in [4.78, 5) is 4.31. The fourth-order valence-corrected chi connectivity index (χ4v) is 2.42. The molecule has 1 aromatic heterocycles. The van der Waals surface area contributed by atoms with Crippen LogP contribution in [0.25, 0.3) is 0 Å². The van der Waals surface area contributed by atoms with Crippen LogP contribution in [0.1, 0.15) is 82.9 Å². The summed E-state index contributed by atoms with van der Waals surface area (Å²) >= 11 is 0. The Morgan fingerprint density at radius 1 is 0.947 bits per heavy atom. The van der Waals surface area contributed by atoms with Crippen LogP contribution in [-0.4, -0.2) is 4.98 Å². The minimum absolute atomic E-state index is 0.116. The van der Waals surface area contributed by atoms with Gasteiger partial charge in [-0.25, -0.2) is 0 Å². The molecule has 0 aliphatic heterocycles. The van der Waals surface area contributed by atoms with Crippen LogP contribution in [0.3, 0.4) is 0 Å². The van der Waals surface area contributed by atoms with Gasteiger partial charge in [0.1, 0.15) is 0 Å². The maximum atomic E-state index is 6.13. The zero-order valence-electron chi connectivity index (χ0n) is 12.5. The summed E-state index contributed by atoms with van der Waals surface area (Å²) in [7, 11) is 0. The number of rotatable bonds is 11. The number of nitrogens with zero attached hydrogens (tertiary/aromatic N) is 1. The molecule has 2 N–H and O–H groups in total. The normalized spacial score (nSPS) is 12.5. The largest absolute Gasteiger partial charge is 0.323 e. The molecule has 2 nitrogen and oxygen atoms in total. The van der Waals surface area contributed by atoms with Crippen LogP contribution in [0.2, 0.25) is 0 Å². The average molecular weight is 262 g/mol. The predicted molar refractivity (Wildman–Crippen MR) is 83.0 cm³/mol. The minimum Gasteiger partial charge on any atom is -0.323 e. The number of aromatic nitrogens is 1. The Balaban J connectivity index is 1.93. The first-order valence-corrected chi connectivity index (χ1v) is 8.01. The maximum Gasteiger partial charge on any atom is 0.0570 e. The molecule has 0 amide bonds. The lowest BCUT2D eigenvalue weighted by atomic mass is 10.0. The van der Waals surface area contributed by atoms with Crippen molar-refractivity contribution < 1.29 is 0 Å². The molecule has 0 saturated heterocycles. The van der Waals surface area contributed by atoms with Crippen molar-refractivity contribution >= 4 is 0 Å². The molecule has 1 unspecified atom stereocenters. The Morgan fingerprint density at radius 2 is 1.58 bits per heavy atom. The molecule has 2 heteroatoms. The Morgan fingerprint density at radius 3 is 2.16 bits per heavy atom. The summed E-state index contributed by atoms with van der Waals surface area (Å²) in [5.41, 5.74) is 7.16. The quantitative estimate of drug-likeness (QED) is 0.570. The molecule has 108 valence electrons. The van der Waals surface area contributed by atoms with E-state index in [0.717, 1.165) is 12.1 Å². The first-order valence-electron chi connectivity index (χ1n) is 8.01. The molecule has 0 bridgehead atoms. The zero-order chi connectivity index (χ0) is 13.8. The Labute approximate surface area is 118 Å². The van der Waals surface area contributed by atoms with Crippen LogP contribution in [0.5, 0.6) is 0 Å². The predicted octanol–water partition coefficient (Wildman–Crippen LogP) is 5.00. The van der Waals surface area contributed by atoms with E-state index in [4.69, 9.17) is 5.73 Å². The van der Waals surface area contributed by atoms with Crippen LogP contribution in [-0.2, 0) is 0 Å². The summed E-state index contributed by atoms with van der Waals surface area (Å²) in [5, 5.41) is 0. The third kappa shape index (κ3) is 7.99. The van der Waals surface area contributed by atoms with Crippen LogP contribution >= 0.6 is 0 Å². The van der Waals surface area contributed by atoms with E-state index < -0.39 is 0 Å². The van der Waals surface area contributed by atoms with Gasteiger partial charge in [-0.15, -0.1) is 0 Å². The van der Waals surface area contributed by atoms with Crippen molar-refractivity contribution in [1.29, 1.82) is 0 Å². The van der Waals surface area contributed by atoms with Gasteiger partial charge in [-0.05, 0) is 18.6 Å². The fourth-order valence-electron chi connectivity index (χ4n) is 2.42. The summed E-state index contributed by atoms with van der Waals surface area (Å²) in [6, 6.07) is 6.09. The SMILES string of the molecule is CCCCCCCCCCCC(N)c1ccccn1. The molecule has 0 aromatic carbocycles. The topological polar surface area (TPSA) is 38.9 Å². The molecule has 0 saturated carbocycles. The van der Waals surface area contributed by atoms with Crippen molar-refractivity contribution in [3.63, 3.8) is 0 Å². The second-order valence-corrected chi connectivity index (χ2v) is 5.48. The molecule has 1 heterocycles. The van der Waals surface area contributed by atoms with Crippen molar-refractivity contribution in [3.05, 3.63) is 30.1 Å². The molecule has 0 aliphatic rings. The average Bonchev–Trinajstić information content (AvgIpc) is 2.46. The van der Waals surface area contributed by atoms with E-state index in [9.17, 15) is 0 Å². The number of hydrogen-bond donors (Lipinski definition) is 1. The third-order valence-electron chi connectivity index (χ3n) is 3.69. The highest BCUT2D eigenvalue weighted by molar-refractivity contribution is 5.07. The van der Waals surface area contributed by atoms with E-state index in [0.29, 0.717) is 0 Å². The molecule has 0 fully saturated rings. The number of nitrogens with two attached hydrogens (primary N) is 1. The van der Waals surface area contributed by atoms with Gasteiger partial charge >= 0.3 is 0 Å². The monoisotopic (exact) mass is 262 g/mol. The van der Waals surface area contributed by atoms with Gasteiger partial charge in [-0.1, -0.05) is 70.8 Å². The molecular formula is C17H30N2. The number of unbranched alkanes of at least 4 members (excludes halogenated alkanes) is 8. The van der Waals surface area contributed by atoms with E-state index in [1.54, 1.807) is 0 Å². The standard InChI is InChI=1S/C17H30N2/c1-2-3-4-5-6-7-8-9-10-13-16(18)17-14-11-12-15-19-17/h11-12,14-16H,2-10,13,18H2,1H3. The van der Waals surface area contributed by atoms with Gasteiger partial charge in [0, 0.05) is 12.2 Å². The molecule has 1 atom stereocenters. The Hall–Kier alpha value is -0.890. The molecular weight excluding hydrogens is 232 g/mol. The van der Waals surface area contributed by atoms with Crippen LogP contribution < -0.4 is 5.73 Å². The molecule has 1 rings (SSSR count). The van der Waals surface area contributed by atoms with Crippen molar-refractivity contribution in [1.82, 2.24) is 4.98 Å². The molecule has 1 aromatic rings. The van der Waals surface area contributed by atoms with Crippen molar-refractivity contribution in [3.8, 4) is 0 Å². The van der Waals surface area contributed by atoms with E-state index in [1.165, 1.54) is 57.8 Å². The molecule has 19 heavy (non-hydrogen) atoms. The smallest absolute Gasteiger partial charge is 0.0570 e. The number of pyridine rings is 1. The van der Waals surface area contributed by atoms with Gasteiger partial charge in [0.2, 0.25) is 0 Å². The molecule has 0 radical (unpaired) electrons. The first-order chi connectivity index (χ1) is 9.34. The van der Waals surface area contributed by atoms with Gasteiger partial charge in [0.15, 0.2) is 0 Å². The summed E-state index contributed by atoms with van der Waals surface area (Å²) in [5.74, 6) is 0. The lowest BCUT2D eigenvalue weighted by Crippen LogP contribution is -2.11. The number of hydrogen-bond acceptors (Lipinski definition) is 2. The molecule has 0 aliphatic carbocycles. The highest BCUT2D eigenvalue weighted by Gasteiger charge is 2.05. The highest BCUT2D eigenvalue weighted by atomic mass is 14.8.